The standard InChI is InChI=1S/C13H17N3O4/c17-13(18)15-7-3-4-10(9-15)8-14-11-5-1-2-6-12(11)16(19)20/h1-2,5-6,10,14H,3-4,7-9H2,(H,17,18)/t10-/m0/s1. The number of piperidine rings is 1. The van der Waals surface area contributed by atoms with Crippen molar-refractivity contribution < 1.29 is 14.8 Å². The first-order chi connectivity index (χ1) is 9.58. The molecular weight excluding hydrogens is 262 g/mol. The number of anilines is 1. The number of nitro groups is 1. The van der Waals surface area contributed by atoms with Crippen LogP contribution in [0.25, 0.3) is 0 Å². The van der Waals surface area contributed by atoms with E-state index in [0.29, 0.717) is 25.3 Å². The number of hydrogen-bond acceptors (Lipinski definition) is 4. The molecule has 0 bridgehead atoms. The zero-order valence-electron chi connectivity index (χ0n) is 11.0. The molecule has 20 heavy (non-hydrogen) atoms. The highest BCUT2D eigenvalue weighted by molar-refractivity contribution is 5.65. The number of benzene rings is 1. The molecule has 1 fully saturated rings. The van der Waals surface area contributed by atoms with Crippen molar-refractivity contribution in [1.29, 1.82) is 0 Å². The Kier molecular flexibility index (Phi) is 4.39. The monoisotopic (exact) mass is 279 g/mol. The van der Waals surface area contributed by atoms with Gasteiger partial charge in [0, 0.05) is 25.7 Å². The molecule has 0 spiro atoms. The van der Waals surface area contributed by atoms with E-state index >= 15 is 0 Å². The summed E-state index contributed by atoms with van der Waals surface area (Å²) in [5.41, 5.74) is 0.517. The van der Waals surface area contributed by atoms with Gasteiger partial charge in [-0.3, -0.25) is 10.1 Å². The Morgan fingerprint density at radius 3 is 2.95 bits per heavy atom. The van der Waals surface area contributed by atoms with Gasteiger partial charge in [0.2, 0.25) is 0 Å². The van der Waals surface area contributed by atoms with Gasteiger partial charge in [-0.2, -0.15) is 0 Å². The normalized spacial score (nSPS) is 18.6. The fourth-order valence-corrected chi connectivity index (χ4v) is 2.44. The molecule has 2 N–H and O–H groups in total. The minimum absolute atomic E-state index is 0.0402. The highest BCUT2D eigenvalue weighted by Crippen LogP contribution is 2.24. The zero-order valence-corrected chi connectivity index (χ0v) is 11.0. The van der Waals surface area contributed by atoms with Gasteiger partial charge in [-0.05, 0) is 24.8 Å². The van der Waals surface area contributed by atoms with Crippen LogP contribution in [0.5, 0.6) is 0 Å². The predicted octanol–water partition coefficient (Wildman–Crippen LogP) is 2.40. The van der Waals surface area contributed by atoms with Gasteiger partial charge < -0.3 is 15.3 Å². The van der Waals surface area contributed by atoms with Gasteiger partial charge in [-0.15, -0.1) is 0 Å². The van der Waals surface area contributed by atoms with E-state index in [-0.39, 0.29) is 11.6 Å². The number of nitro benzene ring substituents is 1. The molecule has 108 valence electrons. The molecule has 0 radical (unpaired) electrons. The maximum Gasteiger partial charge on any atom is 0.407 e. The van der Waals surface area contributed by atoms with Crippen molar-refractivity contribution in [2.45, 2.75) is 12.8 Å². The Bertz CT molecular complexity index is 506. The van der Waals surface area contributed by atoms with Crippen LogP contribution in [0.1, 0.15) is 12.8 Å². The number of nitrogens with one attached hydrogen (secondary N) is 1. The lowest BCUT2D eigenvalue weighted by Crippen LogP contribution is -2.41. The average molecular weight is 279 g/mol. The largest absolute Gasteiger partial charge is 0.465 e. The smallest absolute Gasteiger partial charge is 0.407 e. The number of carbonyl (C=O) groups is 1. The summed E-state index contributed by atoms with van der Waals surface area (Å²) in [4.78, 5) is 22.8. The van der Waals surface area contributed by atoms with Gasteiger partial charge in [0.05, 0.1) is 4.92 Å². The van der Waals surface area contributed by atoms with Gasteiger partial charge in [0.25, 0.3) is 5.69 Å². The van der Waals surface area contributed by atoms with E-state index in [0.717, 1.165) is 12.8 Å². The molecule has 1 aromatic rings. The molecule has 1 amide bonds. The minimum atomic E-state index is -0.902. The zero-order chi connectivity index (χ0) is 14.5. The van der Waals surface area contributed by atoms with Crippen LogP contribution >= 0.6 is 0 Å². The summed E-state index contributed by atoms with van der Waals surface area (Å²) in [6, 6.07) is 6.47. The van der Waals surface area contributed by atoms with Crippen molar-refractivity contribution in [2.24, 2.45) is 5.92 Å². The molecule has 1 saturated heterocycles. The Hall–Kier alpha value is -2.31. The Morgan fingerprint density at radius 2 is 2.25 bits per heavy atom. The molecule has 7 heteroatoms. The molecule has 2 rings (SSSR count). The van der Waals surface area contributed by atoms with E-state index in [9.17, 15) is 14.9 Å². The molecule has 1 aliphatic rings. The third kappa shape index (κ3) is 3.37. The highest BCUT2D eigenvalue weighted by Gasteiger charge is 2.23. The van der Waals surface area contributed by atoms with Crippen LogP contribution in [0.2, 0.25) is 0 Å². The molecule has 1 aromatic carbocycles. The van der Waals surface area contributed by atoms with Crippen LogP contribution in [0.4, 0.5) is 16.2 Å². The summed E-state index contributed by atoms with van der Waals surface area (Å²) < 4.78 is 0. The Labute approximate surface area is 116 Å². The molecule has 0 aromatic heterocycles. The molecule has 0 unspecified atom stereocenters. The van der Waals surface area contributed by atoms with E-state index in [1.54, 1.807) is 18.2 Å². The Balaban J connectivity index is 1.95. The number of amides is 1. The molecule has 0 aliphatic carbocycles. The first-order valence-corrected chi connectivity index (χ1v) is 6.53. The lowest BCUT2D eigenvalue weighted by atomic mass is 9.98. The Morgan fingerprint density at radius 1 is 1.50 bits per heavy atom. The van der Waals surface area contributed by atoms with E-state index in [1.807, 2.05) is 0 Å². The number of hydrogen-bond donors (Lipinski definition) is 2. The van der Waals surface area contributed by atoms with Crippen molar-refractivity contribution in [1.82, 2.24) is 4.90 Å². The molecular formula is C13H17N3O4. The summed E-state index contributed by atoms with van der Waals surface area (Å²) in [7, 11) is 0. The summed E-state index contributed by atoms with van der Waals surface area (Å²) in [5, 5.41) is 22.9. The van der Waals surface area contributed by atoms with Crippen LogP contribution in [0.15, 0.2) is 24.3 Å². The van der Waals surface area contributed by atoms with Gasteiger partial charge in [-0.1, -0.05) is 12.1 Å². The second-order valence-electron chi connectivity index (χ2n) is 4.89. The molecule has 1 atom stereocenters. The minimum Gasteiger partial charge on any atom is -0.465 e. The van der Waals surface area contributed by atoms with Gasteiger partial charge >= 0.3 is 6.09 Å². The van der Waals surface area contributed by atoms with E-state index < -0.39 is 11.0 Å². The van der Waals surface area contributed by atoms with E-state index in [4.69, 9.17) is 5.11 Å². The average Bonchev–Trinajstić information content (AvgIpc) is 2.45. The number of carboxylic acid groups (broad SMARTS) is 1. The SMILES string of the molecule is O=C(O)N1CCC[C@@H](CNc2ccccc2[N+](=O)[O-])C1. The summed E-state index contributed by atoms with van der Waals surface area (Å²) >= 11 is 0. The number of para-hydroxylation sites is 2. The molecule has 0 saturated carbocycles. The molecule has 1 aliphatic heterocycles. The maximum atomic E-state index is 10.9. The van der Waals surface area contributed by atoms with Crippen molar-refractivity contribution in [2.75, 3.05) is 25.0 Å². The third-order valence-corrected chi connectivity index (χ3v) is 3.47. The molecule has 7 nitrogen and oxygen atoms in total. The van der Waals surface area contributed by atoms with E-state index in [2.05, 4.69) is 5.32 Å². The van der Waals surface area contributed by atoms with E-state index in [1.165, 1.54) is 11.0 Å². The van der Waals surface area contributed by atoms with Crippen LogP contribution in [-0.4, -0.2) is 40.7 Å². The lowest BCUT2D eigenvalue weighted by molar-refractivity contribution is -0.384. The van der Waals surface area contributed by atoms with Crippen LogP contribution in [-0.2, 0) is 0 Å². The van der Waals surface area contributed by atoms with Crippen LogP contribution < -0.4 is 5.32 Å². The van der Waals surface area contributed by atoms with Crippen molar-refractivity contribution >= 4 is 17.5 Å². The summed E-state index contributed by atoms with van der Waals surface area (Å²) in [6.45, 7) is 1.58. The quantitative estimate of drug-likeness (QED) is 0.651. The third-order valence-electron chi connectivity index (χ3n) is 3.47. The van der Waals surface area contributed by atoms with Crippen LogP contribution in [0.3, 0.4) is 0 Å². The topological polar surface area (TPSA) is 95.7 Å². The summed E-state index contributed by atoms with van der Waals surface area (Å²) in [5.74, 6) is 0.180. The highest BCUT2D eigenvalue weighted by atomic mass is 16.6. The van der Waals surface area contributed by atoms with Crippen molar-refractivity contribution in [3.63, 3.8) is 0 Å². The molecule has 1 heterocycles. The van der Waals surface area contributed by atoms with Gasteiger partial charge in [-0.25, -0.2) is 4.79 Å². The first kappa shape index (κ1) is 14.1. The van der Waals surface area contributed by atoms with Gasteiger partial charge in [0.15, 0.2) is 0 Å². The lowest BCUT2D eigenvalue weighted by Gasteiger charge is -2.30. The number of nitrogens with zero attached hydrogens (tertiary/aromatic N) is 2. The van der Waals surface area contributed by atoms with Gasteiger partial charge in [0.1, 0.15) is 5.69 Å². The van der Waals surface area contributed by atoms with Crippen LogP contribution in [0, 0.1) is 16.0 Å². The van der Waals surface area contributed by atoms with Crippen molar-refractivity contribution in [3.8, 4) is 0 Å². The van der Waals surface area contributed by atoms with Crippen molar-refractivity contribution in [3.05, 3.63) is 34.4 Å². The first-order valence-electron chi connectivity index (χ1n) is 6.53. The number of rotatable bonds is 4. The predicted molar refractivity (Wildman–Crippen MR) is 73.9 cm³/mol. The second-order valence-corrected chi connectivity index (χ2v) is 4.89. The maximum absolute atomic E-state index is 10.9. The summed E-state index contributed by atoms with van der Waals surface area (Å²) in [6.07, 6.45) is 0.854. The second kappa shape index (κ2) is 6.23. The fourth-order valence-electron chi connectivity index (χ4n) is 2.44. The number of likely N-dealkylation sites (tertiary alicyclic amines) is 1. The fraction of sp³-hybridized carbons (Fsp3) is 0.462.